The average molecular weight is 235 g/mol. The number of carbonyl (C=O) groups excluding carboxylic acids is 1. The summed E-state index contributed by atoms with van der Waals surface area (Å²) in [6, 6.07) is 6.91. The zero-order valence-electron chi connectivity index (χ0n) is 10.7. The van der Waals surface area contributed by atoms with Crippen LogP contribution in [0.15, 0.2) is 24.3 Å². The summed E-state index contributed by atoms with van der Waals surface area (Å²) in [5, 5.41) is 2.97. The van der Waals surface area contributed by atoms with Gasteiger partial charge >= 0.3 is 0 Å². The first-order valence-corrected chi connectivity index (χ1v) is 5.77. The molecule has 4 nitrogen and oxygen atoms in total. The molecule has 0 bridgehead atoms. The van der Waals surface area contributed by atoms with Crippen molar-refractivity contribution in [2.45, 2.75) is 26.3 Å². The minimum absolute atomic E-state index is 0.140. The summed E-state index contributed by atoms with van der Waals surface area (Å²) in [5.74, 6) is 0.122. The van der Waals surface area contributed by atoms with E-state index in [4.69, 9.17) is 11.5 Å². The van der Waals surface area contributed by atoms with Gasteiger partial charge in [-0.05, 0) is 31.0 Å². The second-order valence-electron chi connectivity index (χ2n) is 4.86. The molecule has 0 saturated carbocycles. The van der Waals surface area contributed by atoms with E-state index in [9.17, 15) is 4.79 Å². The molecule has 1 amide bonds. The monoisotopic (exact) mass is 235 g/mol. The van der Waals surface area contributed by atoms with Gasteiger partial charge in [-0.1, -0.05) is 19.9 Å². The second kappa shape index (κ2) is 5.19. The molecule has 0 spiro atoms. The van der Waals surface area contributed by atoms with Crippen molar-refractivity contribution in [3.63, 3.8) is 0 Å². The number of carbonyl (C=O) groups is 1. The summed E-state index contributed by atoms with van der Waals surface area (Å²) in [5.41, 5.74) is 12.1. The van der Waals surface area contributed by atoms with Crippen LogP contribution in [0.5, 0.6) is 0 Å². The highest BCUT2D eigenvalue weighted by atomic mass is 16.1. The number of nitrogens with one attached hydrogen (secondary N) is 1. The van der Waals surface area contributed by atoms with Gasteiger partial charge in [0.2, 0.25) is 0 Å². The van der Waals surface area contributed by atoms with Gasteiger partial charge in [-0.15, -0.1) is 0 Å². The lowest BCUT2D eigenvalue weighted by molar-refractivity contribution is 0.0883. The van der Waals surface area contributed by atoms with Gasteiger partial charge in [0.1, 0.15) is 0 Å². The highest BCUT2D eigenvalue weighted by Gasteiger charge is 2.28. The number of amides is 1. The van der Waals surface area contributed by atoms with Crippen molar-refractivity contribution in [1.29, 1.82) is 0 Å². The van der Waals surface area contributed by atoms with Crippen molar-refractivity contribution < 1.29 is 4.79 Å². The maximum Gasteiger partial charge on any atom is 0.251 e. The van der Waals surface area contributed by atoms with Gasteiger partial charge in [0.25, 0.3) is 5.91 Å². The number of rotatable bonds is 4. The number of anilines is 1. The van der Waals surface area contributed by atoms with Crippen LogP contribution in [0.3, 0.4) is 0 Å². The maximum atomic E-state index is 12.1. The normalized spacial score (nSPS) is 14.4. The molecule has 0 aliphatic carbocycles. The number of hydrogen-bond donors (Lipinski definition) is 3. The molecule has 0 fully saturated rings. The third-order valence-electron chi connectivity index (χ3n) is 3.25. The van der Waals surface area contributed by atoms with E-state index in [1.54, 1.807) is 24.3 Å². The first-order valence-electron chi connectivity index (χ1n) is 5.77. The van der Waals surface area contributed by atoms with E-state index in [0.717, 1.165) is 0 Å². The Morgan fingerprint density at radius 1 is 1.47 bits per heavy atom. The Balaban J connectivity index is 2.85. The molecule has 1 rings (SSSR count). The van der Waals surface area contributed by atoms with E-state index in [0.29, 0.717) is 17.8 Å². The van der Waals surface area contributed by atoms with Crippen LogP contribution >= 0.6 is 0 Å². The van der Waals surface area contributed by atoms with E-state index >= 15 is 0 Å². The Hall–Kier alpha value is -1.55. The van der Waals surface area contributed by atoms with Crippen molar-refractivity contribution in [3.8, 4) is 0 Å². The molecule has 4 heteroatoms. The summed E-state index contributed by atoms with van der Waals surface area (Å²) in [6.45, 7) is 6.42. The van der Waals surface area contributed by atoms with Crippen LogP contribution in [0, 0.1) is 5.92 Å². The summed E-state index contributed by atoms with van der Waals surface area (Å²) in [4.78, 5) is 12.1. The number of nitrogens with two attached hydrogens (primary N) is 2. The topological polar surface area (TPSA) is 81.1 Å². The lowest BCUT2D eigenvalue weighted by Crippen LogP contribution is -2.55. The highest BCUT2D eigenvalue weighted by molar-refractivity contribution is 5.95. The summed E-state index contributed by atoms with van der Waals surface area (Å²) in [7, 11) is 0. The molecule has 0 aliphatic heterocycles. The van der Waals surface area contributed by atoms with E-state index in [1.165, 1.54) is 0 Å². The van der Waals surface area contributed by atoms with Gasteiger partial charge in [0.15, 0.2) is 0 Å². The van der Waals surface area contributed by atoms with Gasteiger partial charge in [0, 0.05) is 17.8 Å². The fraction of sp³-hybridized carbons (Fsp3) is 0.462. The predicted molar refractivity (Wildman–Crippen MR) is 70.6 cm³/mol. The zero-order chi connectivity index (χ0) is 13.1. The van der Waals surface area contributed by atoms with Gasteiger partial charge in [-0.2, -0.15) is 0 Å². The van der Waals surface area contributed by atoms with Crippen LogP contribution in [-0.4, -0.2) is 18.0 Å². The van der Waals surface area contributed by atoms with Crippen LogP contribution in [0.4, 0.5) is 5.69 Å². The number of hydrogen-bond acceptors (Lipinski definition) is 3. The van der Waals surface area contributed by atoms with Crippen molar-refractivity contribution in [2.75, 3.05) is 12.3 Å². The SMILES string of the molecule is CC(C)C(C)(CN)NC(=O)c1cccc(N)c1. The highest BCUT2D eigenvalue weighted by Crippen LogP contribution is 2.16. The van der Waals surface area contributed by atoms with E-state index < -0.39 is 5.54 Å². The summed E-state index contributed by atoms with van der Waals surface area (Å²) < 4.78 is 0. The molecule has 5 N–H and O–H groups in total. The van der Waals surface area contributed by atoms with E-state index in [1.807, 2.05) is 20.8 Å². The molecule has 0 heterocycles. The first kappa shape index (κ1) is 13.5. The van der Waals surface area contributed by atoms with Crippen molar-refractivity contribution in [1.82, 2.24) is 5.32 Å². The minimum Gasteiger partial charge on any atom is -0.399 e. The third kappa shape index (κ3) is 3.20. The molecule has 17 heavy (non-hydrogen) atoms. The van der Waals surface area contributed by atoms with Crippen molar-refractivity contribution in [2.24, 2.45) is 11.7 Å². The molecule has 0 aliphatic rings. The Kier molecular flexibility index (Phi) is 4.12. The molecule has 1 aromatic carbocycles. The number of benzene rings is 1. The minimum atomic E-state index is -0.401. The Labute approximate surface area is 102 Å². The van der Waals surface area contributed by atoms with Crippen LogP contribution in [0.1, 0.15) is 31.1 Å². The maximum absolute atomic E-state index is 12.1. The predicted octanol–water partition coefficient (Wildman–Crippen LogP) is 1.37. The van der Waals surface area contributed by atoms with Gasteiger partial charge in [-0.3, -0.25) is 4.79 Å². The molecule has 1 aromatic rings. The zero-order valence-corrected chi connectivity index (χ0v) is 10.7. The van der Waals surface area contributed by atoms with E-state index in [-0.39, 0.29) is 11.8 Å². The molecular weight excluding hydrogens is 214 g/mol. The largest absolute Gasteiger partial charge is 0.399 e. The van der Waals surface area contributed by atoms with Gasteiger partial charge in [0.05, 0.1) is 5.54 Å². The van der Waals surface area contributed by atoms with Crippen molar-refractivity contribution in [3.05, 3.63) is 29.8 Å². The van der Waals surface area contributed by atoms with Gasteiger partial charge < -0.3 is 16.8 Å². The second-order valence-corrected chi connectivity index (χ2v) is 4.86. The fourth-order valence-electron chi connectivity index (χ4n) is 1.44. The molecule has 0 aromatic heterocycles. The lowest BCUT2D eigenvalue weighted by Gasteiger charge is -2.33. The number of nitrogen functional groups attached to an aromatic ring is 1. The Morgan fingerprint density at radius 3 is 2.59 bits per heavy atom. The molecular formula is C13H21N3O. The summed E-state index contributed by atoms with van der Waals surface area (Å²) in [6.07, 6.45) is 0. The summed E-state index contributed by atoms with van der Waals surface area (Å²) >= 11 is 0. The molecule has 94 valence electrons. The quantitative estimate of drug-likeness (QED) is 0.689. The van der Waals surface area contributed by atoms with Crippen molar-refractivity contribution >= 4 is 11.6 Å². The third-order valence-corrected chi connectivity index (χ3v) is 3.25. The van der Waals surface area contributed by atoms with Crippen LogP contribution < -0.4 is 16.8 Å². The van der Waals surface area contributed by atoms with Crippen LogP contribution in [-0.2, 0) is 0 Å². The standard InChI is InChI=1S/C13H21N3O/c1-9(2)13(3,8-14)16-12(17)10-5-4-6-11(15)7-10/h4-7,9H,8,14-15H2,1-3H3,(H,16,17). The van der Waals surface area contributed by atoms with Crippen LogP contribution in [0.2, 0.25) is 0 Å². The van der Waals surface area contributed by atoms with Crippen LogP contribution in [0.25, 0.3) is 0 Å². The smallest absolute Gasteiger partial charge is 0.251 e. The molecule has 0 saturated heterocycles. The fourth-order valence-corrected chi connectivity index (χ4v) is 1.44. The van der Waals surface area contributed by atoms with E-state index in [2.05, 4.69) is 5.32 Å². The average Bonchev–Trinajstić information content (AvgIpc) is 2.28. The Morgan fingerprint density at radius 2 is 2.12 bits per heavy atom. The lowest BCUT2D eigenvalue weighted by atomic mass is 9.88. The van der Waals surface area contributed by atoms with Gasteiger partial charge in [-0.25, -0.2) is 0 Å². The molecule has 1 unspecified atom stereocenters. The molecule has 0 radical (unpaired) electrons. The molecule has 1 atom stereocenters. The first-order chi connectivity index (χ1) is 7.89. The Bertz CT molecular complexity index is 403.